The Kier molecular flexibility index (Phi) is 4.07. The van der Waals surface area contributed by atoms with Crippen LogP contribution in [0.1, 0.15) is 16.4 Å². The summed E-state index contributed by atoms with van der Waals surface area (Å²) in [5.74, 6) is -1.49. The van der Waals surface area contributed by atoms with Crippen LogP contribution < -0.4 is 0 Å². The molecule has 0 aliphatic heterocycles. The van der Waals surface area contributed by atoms with E-state index in [-0.39, 0.29) is 5.56 Å². The molecule has 0 amide bonds. The summed E-state index contributed by atoms with van der Waals surface area (Å²) in [7, 11) is 0.887. The Morgan fingerprint density at radius 1 is 1.33 bits per heavy atom. The molecule has 0 saturated heterocycles. The molecule has 1 atom stereocenters. The third-order valence-corrected chi connectivity index (χ3v) is 3.79. The average molecular weight is 303 g/mol. The highest BCUT2D eigenvalue weighted by molar-refractivity contribution is 8.14. The van der Waals surface area contributed by atoms with Gasteiger partial charge in [0.25, 0.3) is 0 Å². The first kappa shape index (κ1) is 15.0. The van der Waals surface area contributed by atoms with Crippen LogP contribution in [-0.2, 0) is 15.2 Å². The van der Waals surface area contributed by atoms with E-state index in [1.807, 2.05) is 0 Å². The highest BCUT2D eigenvalue weighted by Crippen LogP contribution is 2.35. The number of alkyl halides is 3. The van der Waals surface area contributed by atoms with E-state index in [1.165, 1.54) is 0 Å². The van der Waals surface area contributed by atoms with Crippen molar-refractivity contribution in [3.05, 3.63) is 47.8 Å². The van der Waals surface area contributed by atoms with Crippen LogP contribution in [0.5, 0.6) is 0 Å². The normalized spacial score (nSPS) is 14.3. The van der Waals surface area contributed by atoms with Gasteiger partial charge in [0.05, 0.1) is 5.56 Å². The largest absolute Gasteiger partial charge is 0.419 e. The van der Waals surface area contributed by atoms with Gasteiger partial charge in [-0.1, -0.05) is 12.1 Å². The minimum atomic E-state index is -4.91. The summed E-state index contributed by atoms with van der Waals surface area (Å²) in [4.78, 5) is 0. The predicted molar refractivity (Wildman–Crippen MR) is 59.1 cm³/mol. The summed E-state index contributed by atoms with van der Waals surface area (Å²) in [6.07, 6.45) is -4.04. The molecule has 0 aliphatic rings. The van der Waals surface area contributed by atoms with Crippen molar-refractivity contribution < 1.29 is 26.0 Å². The summed E-state index contributed by atoms with van der Waals surface area (Å²) in [6, 6.07) is 1.86. The molecule has 1 aromatic carbocycles. The maximum atomic E-state index is 13.0. The van der Waals surface area contributed by atoms with Crippen molar-refractivity contribution in [2.75, 3.05) is 0 Å². The molecule has 0 aromatic heterocycles. The maximum absolute atomic E-state index is 13.0. The van der Waals surface area contributed by atoms with Gasteiger partial charge in [0, 0.05) is 10.7 Å². The molecule has 1 aromatic rings. The molecule has 100 valence electrons. The van der Waals surface area contributed by atoms with Crippen LogP contribution in [0.4, 0.5) is 17.6 Å². The Morgan fingerprint density at radius 2 is 1.89 bits per heavy atom. The second-order valence-corrected chi connectivity index (χ2v) is 6.12. The van der Waals surface area contributed by atoms with E-state index in [2.05, 4.69) is 6.58 Å². The van der Waals surface area contributed by atoms with E-state index in [4.69, 9.17) is 10.7 Å². The lowest BCUT2D eigenvalue weighted by Gasteiger charge is -2.13. The quantitative estimate of drug-likeness (QED) is 0.485. The van der Waals surface area contributed by atoms with Crippen molar-refractivity contribution in [3.8, 4) is 0 Å². The van der Waals surface area contributed by atoms with E-state index in [0.717, 1.165) is 12.1 Å². The van der Waals surface area contributed by atoms with Gasteiger partial charge in [-0.3, -0.25) is 0 Å². The fourth-order valence-corrected chi connectivity index (χ4v) is 2.58. The standard InChI is InChI=1S/C10H7ClF4O2S/c1-2-9(18(11,16)17)6-3-4-8(12)7(5-6)10(13,14)15/h2-5,9H,1H2. The first-order valence-electron chi connectivity index (χ1n) is 4.50. The number of hydrogen-bond acceptors (Lipinski definition) is 2. The first-order chi connectivity index (χ1) is 8.07. The Labute approximate surface area is 105 Å². The van der Waals surface area contributed by atoms with Crippen molar-refractivity contribution in [1.82, 2.24) is 0 Å². The van der Waals surface area contributed by atoms with E-state index >= 15 is 0 Å². The number of hydrogen-bond donors (Lipinski definition) is 0. The topological polar surface area (TPSA) is 34.1 Å². The Balaban J connectivity index is 3.41. The monoisotopic (exact) mass is 302 g/mol. The summed E-state index contributed by atoms with van der Waals surface area (Å²) < 4.78 is 72.6. The number of rotatable bonds is 3. The fraction of sp³-hybridized carbons (Fsp3) is 0.200. The molecule has 2 nitrogen and oxygen atoms in total. The number of benzene rings is 1. The molecule has 0 fully saturated rings. The lowest BCUT2D eigenvalue weighted by Crippen LogP contribution is -2.11. The molecule has 18 heavy (non-hydrogen) atoms. The van der Waals surface area contributed by atoms with Crippen LogP contribution in [0, 0.1) is 5.82 Å². The molecule has 8 heteroatoms. The molecule has 0 radical (unpaired) electrons. The van der Waals surface area contributed by atoms with Crippen molar-refractivity contribution in [2.45, 2.75) is 11.4 Å². The molecule has 0 aliphatic carbocycles. The molecular weight excluding hydrogens is 296 g/mol. The van der Waals surface area contributed by atoms with Gasteiger partial charge >= 0.3 is 6.18 Å². The Morgan fingerprint density at radius 3 is 2.28 bits per heavy atom. The molecular formula is C10H7ClF4O2S. The van der Waals surface area contributed by atoms with E-state index in [0.29, 0.717) is 12.1 Å². The van der Waals surface area contributed by atoms with Crippen LogP contribution >= 0.6 is 10.7 Å². The number of halogens is 5. The van der Waals surface area contributed by atoms with Gasteiger partial charge in [0.1, 0.15) is 11.1 Å². The second-order valence-electron chi connectivity index (χ2n) is 3.37. The van der Waals surface area contributed by atoms with Gasteiger partial charge in [-0.05, 0) is 17.7 Å². The zero-order valence-electron chi connectivity index (χ0n) is 8.71. The molecule has 1 unspecified atom stereocenters. The van der Waals surface area contributed by atoms with Crippen LogP contribution in [0.2, 0.25) is 0 Å². The molecule has 1 rings (SSSR count). The van der Waals surface area contributed by atoms with Gasteiger partial charge in [-0.15, -0.1) is 6.58 Å². The molecule has 0 N–H and O–H groups in total. The van der Waals surface area contributed by atoms with Crippen molar-refractivity contribution in [1.29, 1.82) is 0 Å². The minimum absolute atomic E-state index is 0.297. The summed E-state index contributed by atoms with van der Waals surface area (Å²) >= 11 is 0. The van der Waals surface area contributed by atoms with Gasteiger partial charge in [0.15, 0.2) is 0 Å². The van der Waals surface area contributed by atoms with Crippen molar-refractivity contribution in [3.63, 3.8) is 0 Å². The van der Waals surface area contributed by atoms with Crippen molar-refractivity contribution in [2.24, 2.45) is 0 Å². The second kappa shape index (κ2) is 4.89. The smallest absolute Gasteiger partial charge is 0.211 e. The SMILES string of the molecule is C=CC(c1ccc(F)c(C(F)(F)F)c1)S(=O)(=O)Cl. The first-order valence-corrected chi connectivity index (χ1v) is 6.87. The van der Waals surface area contributed by atoms with E-state index < -0.39 is 31.9 Å². The third-order valence-electron chi connectivity index (χ3n) is 2.14. The highest BCUT2D eigenvalue weighted by Gasteiger charge is 2.35. The molecule has 0 spiro atoms. The maximum Gasteiger partial charge on any atom is 0.419 e. The van der Waals surface area contributed by atoms with E-state index in [9.17, 15) is 26.0 Å². The van der Waals surface area contributed by atoms with Crippen LogP contribution in [0.15, 0.2) is 30.9 Å². The van der Waals surface area contributed by atoms with Crippen molar-refractivity contribution >= 4 is 19.7 Å². The fourth-order valence-electron chi connectivity index (χ4n) is 1.35. The summed E-state index contributed by atoms with van der Waals surface area (Å²) in [5, 5.41) is -1.53. The van der Waals surface area contributed by atoms with Gasteiger partial charge in [0.2, 0.25) is 9.05 Å². The Hall–Kier alpha value is -1.08. The van der Waals surface area contributed by atoms with Gasteiger partial charge < -0.3 is 0 Å². The third kappa shape index (κ3) is 3.23. The van der Waals surface area contributed by atoms with Crippen LogP contribution in [0.3, 0.4) is 0 Å². The van der Waals surface area contributed by atoms with Gasteiger partial charge in [-0.2, -0.15) is 13.2 Å². The zero-order valence-corrected chi connectivity index (χ0v) is 10.3. The average Bonchev–Trinajstić information content (AvgIpc) is 2.17. The van der Waals surface area contributed by atoms with Gasteiger partial charge in [-0.25, -0.2) is 12.8 Å². The predicted octanol–water partition coefficient (Wildman–Crippen LogP) is 3.64. The highest BCUT2D eigenvalue weighted by atomic mass is 35.7. The lowest BCUT2D eigenvalue weighted by atomic mass is 10.1. The molecule has 0 bridgehead atoms. The zero-order chi connectivity index (χ0) is 14.1. The van der Waals surface area contributed by atoms with Crippen LogP contribution in [-0.4, -0.2) is 8.42 Å². The Bertz CT molecular complexity index is 566. The summed E-state index contributed by atoms with van der Waals surface area (Å²) in [5.41, 5.74) is -1.85. The van der Waals surface area contributed by atoms with Crippen LogP contribution in [0.25, 0.3) is 0 Å². The molecule has 0 heterocycles. The van der Waals surface area contributed by atoms with E-state index in [1.54, 1.807) is 0 Å². The minimum Gasteiger partial charge on any atom is -0.211 e. The summed E-state index contributed by atoms with van der Waals surface area (Å²) in [6.45, 7) is 3.18. The lowest BCUT2D eigenvalue weighted by molar-refractivity contribution is -0.140. The molecule has 0 saturated carbocycles.